The Labute approximate surface area is 106 Å². The smallest absolute Gasteiger partial charge is 0.326 e. The lowest BCUT2D eigenvalue weighted by molar-refractivity contribution is -0.142. The first-order valence-electron chi connectivity index (χ1n) is 5.62. The molecule has 0 aliphatic carbocycles. The van der Waals surface area contributed by atoms with E-state index in [2.05, 4.69) is 5.32 Å². The van der Waals surface area contributed by atoms with Gasteiger partial charge in [-0.15, -0.1) is 0 Å². The number of hydrogen-bond acceptors (Lipinski definition) is 4. The highest BCUT2D eigenvalue weighted by Gasteiger charge is 2.30. The van der Waals surface area contributed by atoms with Crippen LogP contribution < -0.4 is 16.8 Å². The fourth-order valence-electron chi connectivity index (χ4n) is 1.20. The molecule has 0 aliphatic heterocycles. The van der Waals surface area contributed by atoms with Crippen LogP contribution in [0.2, 0.25) is 0 Å². The quantitative estimate of drug-likeness (QED) is 0.495. The minimum atomic E-state index is -1.22. The third kappa shape index (κ3) is 5.62. The van der Waals surface area contributed by atoms with E-state index in [0.29, 0.717) is 0 Å². The predicted octanol–water partition coefficient (Wildman–Crippen LogP) is -0.805. The van der Waals surface area contributed by atoms with Crippen molar-refractivity contribution in [1.29, 1.82) is 0 Å². The second kappa shape index (κ2) is 6.34. The zero-order chi connectivity index (χ0) is 14.5. The van der Waals surface area contributed by atoms with Gasteiger partial charge < -0.3 is 21.9 Å². The van der Waals surface area contributed by atoms with Crippen LogP contribution in [0.25, 0.3) is 0 Å². The Morgan fingerprint density at radius 3 is 2.11 bits per heavy atom. The molecule has 2 atom stereocenters. The Morgan fingerprint density at radius 1 is 1.28 bits per heavy atom. The van der Waals surface area contributed by atoms with Crippen molar-refractivity contribution in [2.24, 2.45) is 16.9 Å². The summed E-state index contributed by atoms with van der Waals surface area (Å²) in [7, 11) is 0. The molecule has 0 radical (unpaired) electrons. The van der Waals surface area contributed by atoms with Gasteiger partial charge in [-0.25, -0.2) is 4.79 Å². The van der Waals surface area contributed by atoms with E-state index in [1.54, 1.807) is 20.8 Å². The Morgan fingerprint density at radius 2 is 1.78 bits per heavy atom. The molecule has 104 valence electrons. The lowest BCUT2D eigenvalue weighted by Crippen LogP contribution is -2.53. The molecule has 0 bridgehead atoms. The van der Waals surface area contributed by atoms with Gasteiger partial charge in [0.15, 0.2) is 0 Å². The van der Waals surface area contributed by atoms with E-state index in [1.165, 1.54) is 0 Å². The standard InChI is InChI=1S/C11H21N3O4/c1-11(2,3)8(13)9(16)14-6(10(17)18)4-5-7(12)15/h6,8H,4-5,13H2,1-3H3,(H2,12,15)(H,14,16)(H,17,18)/t6-,8?/m1/s1. The molecule has 0 aromatic rings. The average Bonchev–Trinajstić information content (AvgIpc) is 2.20. The Balaban J connectivity index is 4.55. The van der Waals surface area contributed by atoms with E-state index in [0.717, 1.165) is 0 Å². The van der Waals surface area contributed by atoms with Crippen LogP contribution in [-0.2, 0) is 14.4 Å². The van der Waals surface area contributed by atoms with Crippen LogP contribution in [0.4, 0.5) is 0 Å². The van der Waals surface area contributed by atoms with E-state index in [1.807, 2.05) is 0 Å². The van der Waals surface area contributed by atoms with Crippen molar-refractivity contribution in [3.8, 4) is 0 Å². The van der Waals surface area contributed by atoms with E-state index in [-0.39, 0.29) is 12.8 Å². The lowest BCUT2D eigenvalue weighted by atomic mass is 9.86. The van der Waals surface area contributed by atoms with Crippen LogP contribution in [0.3, 0.4) is 0 Å². The topological polar surface area (TPSA) is 136 Å². The van der Waals surface area contributed by atoms with E-state index in [9.17, 15) is 14.4 Å². The SMILES string of the molecule is CC(C)(C)C(N)C(=O)N[C@H](CCC(N)=O)C(=O)O. The normalized spacial score (nSPS) is 14.7. The highest BCUT2D eigenvalue weighted by molar-refractivity contribution is 5.87. The van der Waals surface area contributed by atoms with Crippen molar-refractivity contribution < 1.29 is 19.5 Å². The fourth-order valence-corrected chi connectivity index (χ4v) is 1.20. The van der Waals surface area contributed by atoms with Gasteiger partial charge in [-0.3, -0.25) is 9.59 Å². The second-order valence-corrected chi connectivity index (χ2v) is 5.25. The molecule has 6 N–H and O–H groups in total. The van der Waals surface area contributed by atoms with Crippen LogP contribution in [0.5, 0.6) is 0 Å². The summed E-state index contributed by atoms with van der Waals surface area (Å²) >= 11 is 0. The van der Waals surface area contributed by atoms with Crippen molar-refractivity contribution in [3.63, 3.8) is 0 Å². The van der Waals surface area contributed by atoms with Crippen LogP contribution in [0.1, 0.15) is 33.6 Å². The molecule has 0 spiro atoms. The first-order valence-corrected chi connectivity index (χ1v) is 5.62. The molecule has 0 aliphatic rings. The zero-order valence-electron chi connectivity index (χ0n) is 10.9. The van der Waals surface area contributed by atoms with Gasteiger partial charge >= 0.3 is 5.97 Å². The van der Waals surface area contributed by atoms with Crippen molar-refractivity contribution in [2.45, 2.75) is 45.7 Å². The number of nitrogens with one attached hydrogen (secondary N) is 1. The summed E-state index contributed by atoms with van der Waals surface area (Å²) in [6.07, 6.45) is -0.157. The predicted molar refractivity (Wildman–Crippen MR) is 65.4 cm³/mol. The number of primary amides is 1. The Bertz CT molecular complexity index is 336. The number of hydrogen-bond donors (Lipinski definition) is 4. The Kier molecular flexibility index (Phi) is 5.77. The summed E-state index contributed by atoms with van der Waals surface area (Å²) in [5.41, 5.74) is 10.2. The van der Waals surface area contributed by atoms with Crippen molar-refractivity contribution >= 4 is 17.8 Å². The first-order chi connectivity index (χ1) is 8.05. The van der Waals surface area contributed by atoms with E-state index in [4.69, 9.17) is 16.6 Å². The maximum Gasteiger partial charge on any atom is 0.326 e. The summed E-state index contributed by atoms with van der Waals surface area (Å²) < 4.78 is 0. The van der Waals surface area contributed by atoms with E-state index >= 15 is 0 Å². The van der Waals surface area contributed by atoms with Gasteiger partial charge in [-0.05, 0) is 11.8 Å². The van der Waals surface area contributed by atoms with Crippen molar-refractivity contribution in [3.05, 3.63) is 0 Å². The summed E-state index contributed by atoms with van der Waals surface area (Å²) in [5.74, 6) is -2.39. The highest BCUT2D eigenvalue weighted by atomic mass is 16.4. The van der Waals surface area contributed by atoms with Gasteiger partial charge in [0.05, 0.1) is 6.04 Å². The van der Waals surface area contributed by atoms with Gasteiger partial charge in [-0.2, -0.15) is 0 Å². The molecule has 7 nitrogen and oxygen atoms in total. The maximum absolute atomic E-state index is 11.7. The summed E-state index contributed by atoms with van der Waals surface area (Å²) in [5, 5.41) is 11.2. The largest absolute Gasteiger partial charge is 0.480 e. The monoisotopic (exact) mass is 259 g/mol. The molecule has 2 amide bonds. The Hall–Kier alpha value is -1.63. The maximum atomic E-state index is 11.7. The van der Waals surface area contributed by atoms with Gasteiger partial charge in [0, 0.05) is 6.42 Å². The summed E-state index contributed by atoms with van der Waals surface area (Å²) in [4.78, 5) is 33.2. The second-order valence-electron chi connectivity index (χ2n) is 5.25. The van der Waals surface area contributed by atoms with Crippen LogP contribution in [0.15, 0.2) is 0 Å². The molecule has 0 aromatic heterocycles. The molecule has 0 aromatic carbocycles. The molecule has 0 rings (SSSR count). The summed E-state index contributed by atoms with van der Waals surface area (Å²) in [6.45, 7) is 5.32. The number of carboxylic acids is 1. The highest BCUT2D eigenvalue weighted by Crippen LogP contribution is 2.17. The molecular weight excluding hydrogens is 238 g/mol. The number of rotatable bonds is 6. The molecule has 0 fully saturated rings. The number of amides is 2. The third-order valence-corrected chi connectivity index (χ3v) is 2.51. The van der Waals surface area contributed by atoms with Crippen LogP contribution >= 0.6 is 0 Å². The minimum Gasteiger partial charge on any atom is -0.480 e. The van der Waals surface area contributed by atoms with Crippen LogP contribution in [-0.4, -0.2) is 35.0 Å². The molecule has 0 saturated carbocycles. The number of nitrogens with two attached hydrogens (primary N) is 2. The van der Waals surface area contributed by atoms with Crippen molar-refractivity contribution in [2.75, 3.05) is 0 Å². The number of carbonyl (C=O) groups excluding carboxylic acids is 2. The number of carboxylic acid groups (broad SMARTS) is 1. The molecule has 0 saturated heterocycles. The van der Waals surface area contributed by atoms with Gasteiger partial charge in [0.1, 0.15) is 6.04 Å². The number of carbonyl (C=O) groups is 3. The van der Waals surface area contributed by atoms with Gasteiger partial charge in [0.25, 0.3) is 0 Å². The zero-order valence-corrected chi connectivity index (χ0v) is 10.9. The van der Waals surface area contributed by atoms with Crippen molar-refractivity contribution in [1.82, 2.24) is 5.32 Å². The van der Waals surface area contributed by atoms with E-state index < -0.39 is 35.3 Å². The van der Waals surface area contributed by atoms with Crippen LogP contribution in [0, 0.1) is 5.41 Å². The van der Waals surface area contributed by atoms with Gasteiger partial charge in [0.2, 0.25) is 11.8 Å². The fraction of sp³-hybridized carbons (Fsp3) is 0.727. The molecule has 18 heavy (non-hydrogen) atoms. The third-order valence-electron chi connectivity index (χ3n) is 2.51. The lowest BCUT2D eigenvalue weighted by Gasteiger charge is -2.27. The van der Waals surface area contributed by atoms with Gasteiger partial charge in [-0.1, -0.05) is 20.8 Å². The average molecular weight is 259 g/mol. The molecule has 0 heterocycles. The first kappa shape index (κ1) is 16.4. The summed E-state index contributed by atoms with van der Waals surface area (Å²) in [6, 6.07) is -1.98. The number of aliphatic carboxylic acids is 1. The molecular formula is C11H21N3O4. The molecule has 1 unspecified atom stereocenters. The molecule has 7 heteroatoms. The minimum absolute atomic E-state index is 0.0483.